The van der Waals surface area contributed by atoms with Gasteiger partial charge in [0.25, 0.3) is 0 Å². The second-order valence-corrected chi connectivity index (χ2v) is 7.90. The Labute approximate surface area is 184 Å². The van der Waals surface area contributed by atoms with E-state index in [0.717, 1.165) is 0 Å². The maximum absolute atomic E-state index is 13.4. The maximum Gasteiger partial charge on any atom is 0.438 e. The molecule has 1 atom stereocenters. The van der Waals surface area contributed by atoms with Crippen LogP contribution in [-0.4, -0.2) is 79.9 Å². The molecule has 0 spiro atoms. The Kier molecular flexibility index (Phi) is 10.1. The van der Waals surface area contributed by atoms with Gasteiger partial charge >= 0.3 is 56.8 Å². The van der Waals surface area contributed by atoms with Gasteiger partial charge in [-0.2, -0.15) is 78.7 Å². The van der Waals surface area contributed by atoms with Crippen molar-refractivity contribution in [2.24, 2.45) is 0 Å². The molecule has 0 aliphatic carbocycles. The Hall–Kier alpha value is -1.32. The lowest BCUT2D eigenvalue weighted by Crippen LogP contribution is -2.75. The summed E-state index contributed by atoms with van der Waals surface area (Å²) in [5.74, 6) is -58.5. The summed E-state index contributed by atoms with van der Waals surface area (Å²) >= 11 is 0. The van der Waals surface area contributed by atoms with Gasteiger partial charge in [-0.15, -0.1) is 0 Å². The summed E-state index contributed by atoms with van der Waals surface area (Å²) in [4.78, 5) is 0. The molecule has 4 nitrogen and oxygen atoms in total. The maximum atomic E-state index is 13.4. The summed E-state index contributed by atoms with van der Waals surface area (Å²) in [6.07, 6.45) is -6.42. The number of nitrogens with one attached hydrogen (secondary N) is 1. The standard InChI is InChI=1S/C11H7F17O3S.C2H7N/c1-2-3(12)4(13,14)5(15,16)6(17,18)7(19,20)8(21,22)9(23,24)10(25,26)11(27,28)32(29,30)31;1-3-2/h3H,2H2,1H3,(H,29,30,31);3H,1-2H3. The highest BCUT2D eigenvalue weighted by Gasteiger charge is 2.96. The van der Waals surface area contributed by atoms with Gasteiger partial charge in [0.1, 0.15) is 0 Å². The predicted octanol–water partition coefficient (Wildman–Crippen LogP) is 5.50. The number of rotatable bonds is 10. The lowest BCUT2D eigenvalue weighted by Gasteiger charge is -2.43. The van der Waals surface area contributed by atoms with Crippen molar-refractivity contribution in [3.63, 3.8) is 0 Å². The van der Waals surface area contributed by atoms with Crippen LogP contribution in [0.4, 0.5) is 74.6 Å². The van der Waals surface area contributed by atoms with Crippen molar-refractivity contribution >= 4 is 10.1 Å². The summed E-state index contributed by atoms with van der Waals surface area (Å²) in [5, 5.41) is -5.09. The Morgan fingerprint density at radius 2 is 0.857 bits per heavy atom. The zero-order valence-corrected chi connectivity index (χ0v) is 17.7. The highest BCUT2D eigenvalue weighted by molar-refractivity contribution is 7.87. The molecule has 2 N–H and O–H groups in total. The third-order valence-electron chi connectivity index (χ3n) is 3.83. The zero-order chi connectivity index (χ0) is 29.5. The molecule has 0 amide bonds. The average molecular weight is 587 g/mol. The molecule has 0 fully saturated rings. The fourth-order valence-electron chi connectivity index (χ4n) is 1.80. The van der Waals surface area contributed by atoms with Gasteiger partial charge in [-0.3, -0.25) is 4.55 Å². The molecule has 0 saturated heterocycles. The van der Waals surface area contributed by atoms with Gasteiger partial charge in [0.2, 0.25) is 0 Å². The summed E-state index contributed by atoms with van der Waals surface area (Å²) in [7, 11) is -4.15. The smallest absolute Gasteiger partial charge is 0.323 e. The molecule has 0 aromatic carbocycles. The molecule has 0 aliphatic rings. The van der Waals surface area contributed by atoms with E-state index in [-0.39, 0.29) is 6.92 Å². The number of hydrogen-bond donors (Lipinski definition) is 2. The third kappa shape index (κ3) is 4.97. The van der Waals surface area contributed by atoms with E-state index in [1.165, 1.54) is 0 Å². The third-order valence-corrected chi connectivity index (χ3v) is 4.74. The second-order valence-electron chi connectivity index (χ2n) is 6.44. The quantitative estimate of drug-likeness (QED) is 0.262. The van der Waals surface area contributed by atoms with Crippen LogP contribution in [0.15, 0.2) is 0 Å². The van der Waals surface area contributed by atoms with E-state index in [2.05, 4.69) is 5.32 Å². The molecular formula is C13H14F17NO3S. The van der Waals surface area contributed by atoms with Crippen molar-refractivity contribution in [2.45, 2.75) is 66.2 Å². The fraction of sp³-hybridized carbons (Fsp3) is 1.00. The van der Waals surface area contributed by atoms with Crippen molar-refractivity contribution in [3.8, 4) is 0 Å². The monoisotopic (exact) mass is 587 g/mol. The fourth-order valence-corrected chi connectivity index (χ4v) is 2.25. The average Bonchev–Trinajstić information content (AvgIpc) is 2.65. The molecule has 0 aromatic heterocycles. The van der Waals surface area contributed by atoms with Gasteiger partial charge in [-0.05, 0) is 20.5 Å². The Balaban J connectivity index is 0. The molecule has 0 heterocycles. The van der Waals surface area contributed by atoms with E-state index in [4.69, 9.17) is 4.55 Å². The highest BCUT2D eigenvalue weighted by atomic mass is 32.2. The van der Waals surface area contributed by atoms with Gasteiger partial charge in [-0.1, -0.05) is 6.92 Å². The first-order valence-corrected chi connectivity index (χ1v) is 9.56. The van der Waals surface area contributed by atoms with Gasteiger partial charge in [0.15, 0.2) is 6.17 Å². The normalized spacial score (nSPS) is 16.5. The molecule has 0 aliphatic heterocycles. The van der Waals surface area contributed by atoms with E-state index in [0.29, 0.717) is 0 Å². The van der Waals surface area contributed by atoms with Crippen molar-refractivity contribution in [1.29, 1.82) is 0 Å². The zero-order valence-electron chi connectivity index (χ0n) is 16.9. The molecule has 0 rings (SSSR count). The molecule has 0 aromatic rings. The Bertz CT molecular complexity index is 827. The molecule has 0 saturated carbocycles. The molecular weight excluding hydrogens is 573 g/mol. The van der Waals surface area contributed by atoms with Crippen LogP contribution in [0.25, 0.3) is 0 Å². The summed E-state index contributed by atoms with van der Waals surface area (Å²) < 4.78 is 252. The van der Waals surface area contributed by atoms with Crippen LogP contribution in [0.5, 0.6) is 0 Å². The lowest BCUT2D eigenvalue weighted by atomic mass is 9.88. The minimum atomic E-state index is -8.86. The van der Waals surface area contributed by atoms with Crippen LogP contribution >= 0.6 is 0 Å². The molecule has 214 valence electrons. The van der Waals surface area contributed by atoms with Gasteiger partial charge in [0.05, 0.1) is 0 Å². The predicted molar refractivity (Wildman–Crippen MR) is 81.3 cm³/mol. The largest absolute Gasteiger partial charge is 0.438 e. The molecule has 0 radical (unpaired) electrons. The first kappa shape index (κ1) is 35.8. The van der Waals surface area contributed by atoms with E-state index in [9.17, 15) is 83.1 Å². The lowest BCUT2D eigenvalue weighted by molar-refractivity contribution is -0.451. The van der Waals surface area contributed by atoms with Crippen LogP contribution in [0.1, 0.15) is 13.3 Å². The minimum absolute atomic E-state index is 0.200. The van der Waals surface area contributed by atoms with E-state index in [1.807, 2.05) is 14.1 Å². The van der Waals surface area contributed by atoms with E-state index < -0.39 is 69.4 Å². The highest BCUT2D eigenvalue weighted by Crippen LogP contribution is 2.64. The Morgan fingerprint density at radius 3 is 1.09 bits per heavy atom. The summed E-state index contributed by atoms with van der Waals surface area (Å²) in [5.41, 5.74) is 0. The molecule has 1 unspecified atom stereocenters. The number of alkyl halides is 17. The second kappa shape index (κ2) is 9.86. The molecule has 22 heteroatoms. The Morgan fingerprint density at radius 1 is 0.629 bits per heavy atom. The van der Waals surface area contributed by atoms with Gasteiger partial charge in [0, 0.05) is 0 Å². The minimum Gasteiger partial charge on any atom is -0.323 e. The van der Waals surface area contributed by atoms with Crippen LogP contribution in [-0.2, 0) is 10.1 Å². The summed E-state index contributed by atoms with van der Waals surface area (Å²) in [6.45, 7) is 0.200. The number of hydrogen-bond acceptors (Lipinski definition) is 3. The topological polar surface area (TPSA) is 66.4 Å². The first-order chi connectivity index (χ1) is 14.9. The van der Waals surface area contributed by atoms with Crippen LogP contribution < -0.4 is 5.32 Å². The molecule has 35 heavy (non-hydrogen) atoms. The van der Waals surface area contributed by atoms with Crippen molar-refractivity contribution in [1.82, 2.24) is 5.32 Å². The number of halogens is 17. The molecule has 0 bridgehead atoms. The van der Waals surface area contributed by atoms with Crippen LogP contribution in [0, 0.1) is 0 Å². The van der Waals surface area contributed by atoms with Crippen molar-refractivity contribution in [2.75, 3.05) is 14.1 Å². The summed E-state index contributed by atoms with van der Waals surface area (Å²) in [6, 6.07) is 0. The SMILES string of the molecule is CCC(F)C(F)(F)C(F)(F)C(F)(F)C(F)(F)C(F)(F)C(F)(F)C(F)(F)C(F)(F)S(=O)(=O)O.CNC. The van der Waals surface area contributed by atoms with Gasteiger partial charge in [-0.25, -0.2) is 4.39 Å². The van der Waals surface area contributed by atoms with Gasteiger partial charge < -0.3 is 5.32 Å². The van der Waals surface area contributed by atoms with Crippen molar-refractivity contribution in [3.05, 3.63) is 0 Å². The van der Waals surface area contributed by atoms with E-state index >= 15 is 0 Å². The van der Waals surface area contributed by atoms with Crippen molar-refractivity contribution < 1.29 is 87.6 Å². The van der Waals surface area contributed by atoms with Crippen LogP contribution in [0.3, 0.4) is 0 Å². The van der Waals surface area contributed by atoms with Crippen LogP contribution in [0.2, 0.25) is 0 Å². The first-order valence-electron chi connectivity index (χ1n) is 8.12. The van der Waals surface area contributed by atoms with E-state index in [1.54, 1.807) is 0 Å².